The first-order chi connectivity index (χ1) is 15.1. The Labute approximate surface area is 186 Å². The van der Waals surface area contributed by atoms with E-state index in [4.69, 9.17) is 4.74 Å². The zero-order valence-electron chi connectivity index (χ0n) is 17.1. The van der Waals surface area contributed by atoms with Gasteiger partial charge in [-0.25, -0.2) is 8.42 Å². The van der Waals surface area contributed by atoms with Gasteiger partial charge in [-0.3, -0.25) is 14.6 Å². The van der Waals surface area contributed by atoms with Gasteiger partial charge in [0.05, 0.1) is 23.2 Å². The fourth-order valence-electron chi connectivity index (χ4n) is 4.68. The first-order valence-electron chi connectivity index (χ1n) is 10.6. The van der Waals surface area contributed by atoms with E-state index < -0.39 is 10.0 Å². The number of hydrogen-bond acceptors (Lipinski definition) is 6. The first-order valence-corrected chi connectivity index (χ1v) is 13.0. The van der Waals surface area contributed by atoms with Gasteiger partial charge in [-0.1, -0.05) is 42.8 Å². The molecule has 0 spiro atoms. The van der Waals surface area contributed by atoms with Crippen LogP contribution in [0, 0.1) is 0 Å². The van der Waals surface area contributed by atoms with Crippen LogP contribution in [0.25, 0.3) is 0 Å². The van der Waals surface area contributed by atoms with Crippen LogP contribution >= 0.6 is 11.3 Å². The first kappa shape index (κ1) is 20.5. The zero-order chi connectivity index (χ0) is 21.3. The highest BCUT2D eigenvalue weighted by Crippen LogP contribution is 2.44. The number of thiazole rings is 1. The molecule has 0 unspecified atom stereocenters. The number of piperidine rings is 1. The van der Waals surface area contributed by atoms with Crippen LogP contribution in [-0.4, -0.2) is 31.5 Å². The summed E-state index contributed by atoms with van der Waals surface area (Å²) in [5.41, 5.74) is 4.02. The molecule has 162 valence electrons. The molecular formula is C23H25N3O3S2. The maximum Gasteiger partial charge on any atom is 0.262 e. The summed E-state index contributed by atoms with van der Waals surface area (Å²) in [5.74, 6) is 0.667. The maximum absolute atomic E-state index is 12.8. The fraction of sp³-hybridized carbons (Fsp3) is 0.348. The molecule has 2 aromatic carbocycles. The molecular weight excluding hydrogens is 430 g/mol. The highest BCUT2D eigenvalue weighted by atomic mass is 32.2. The van der Waals surface area contributed by atoms with E-state index in [1.807, 2.05) is 6.07 Å². The fourth-order valence-corrected chi connectivity index (χ4v) is 6.50. The van der Waals surface area contributed by atoms with Gasteiger partial charge in [0, 0.05) is 30.1 Å². The second-order valence-corrected chi connectivity index (χ2v) is 10.6. The average Bonchev–Trinajstić information content (AvgIpc) is 3.31. The van der Waals surface area contributed by atoms with Crippen LogP contribution in [0.1, 0.15) is 48.9 Å². The van der Waals surface area contributed by atoms with Crippen molar-refractivity contribution in [3.8, 4) is 5.75 Å². The van der Waals surface area contributed by atoms with Gasteiger partial charge in [0.1, 0.15) is 10.8 Å². The molecule has 0 bridgehead atoms. The van der Waals surface area contributed by atoms with Crippen molar-refractivity contribution in [3.63, 3.8) is 0 Å². The normalized spacial score (nSPS) is 21.8. The summed E-state index contributed by atoms with van der Waals surface area (Å²) in [6.07, 6.45) is 5.96. The zero-order valence-corrected chi connectivity index (χ0v) is 18.7. The Bertz CT molecular complexity index is 1130. The molecule has 3 heterocycles. The van der Waals surface area contributed by atoms with E-state index in [-0.39, 0.29) is 10.9 Å². The Kier molecular flexibility index (Phi) is 5.69. The molecule has 5 rings (SSSR count). The van der Waals surface area contributed by atoms with Gasteiger partial charge in [-0.05, 0) is 31.0 Å². The van der Waals surface area contributed by atoms with E-state index in [1.54, 1.807) is 17.6 Å². The number of nitrogens with one attached hydrogen (secondary N) is 1. The monoisotopic (exact) mass is 455 g/mol. The number of benzene rings is 2. The largest absolute Gasteiger partial charge is 0.493 e. The molecule has 0 amide bonds. The van der Waals surface area contributed by atoms with Crippen molar-refractivity contribution in [1.82, 2.24) is 9.88 Å². The third kappa shape index (κ3) is 4.20. The van der Waals surface area contributed by atoms with Gasteiger partial charge in [-0.2, -0.15) is 0 Å². The topological polar surface area (TPSA) is 71.5 Å². The summed E-state index contributed by atoms with van der Waals surface area (Å²) < 4.78 is 34.1. The van der Waals surface area contributed by atoms with Crippen LogP contribution in [0.2, 0.25) is 0 Å². The number of anilines is 1. The van der Waals surface area contributed by atoms with Gasteiger partial charge in [0.25, 0.3) is 10.0 Å². The highest BCUT2D eigenvalue weighted by Gasteiger charge is 2.34. The van der Waals surface area contributed by atoms with Gasteiger partial charge >= 0.3 is 0 Å². The maximum atomic E-state index is 12.8. The number of sulfonamides is 1. The lowest BCUT2D eigenvalue weighted by Crippen LogP contribution is -2.38. The predicted octanol–water partition coefficient (Wildman–Crippen LogP) is 4.99. The summed E-state index contributed by atoms with van der Waals surface area (Å²) >= 11 is 1.25. The molecule has 2 aliphatic heterocycles. The Balaban J connectivity index is 1.45. The van der Waals surface area contributed by atoms with Crippen LogP contribution < -0.4 is 9.46 Å². The minimum Gasteiger partial charge on any atom is -0.493 e. The quantitative estimate of drug-likeness (QED) is 0.587. The van der Waals surface area contributed by atoms with Crippen molar-refractivity contribution in [2.75, 3.05) is 17.9 Å². The van der Waals surface area contributed by atoms with E-state index in [9.17, 15) is 8.42 Å². The van der Waals surface area contributed by atoms with Gasteiger partial charge in [-0.15, -0.1) is 11.3 Å². The number of likely N-dealkylation sites (tertiary alicyclic amines) is 1. The van der Waals surface area contributed by atoms with Crippen molar-refractivity contribution < 1.29 is 13.2 Å². The summed E-state index contributed by atoms with van der Waals surface area (Å²) in [5, 5.41) is 0.496. The molecule has 3 aromatic rings. The summed E-state index contributed by atoms with van der Waals surface area (Å²) in [6, 6.07) is 16.6. The number of hydrogen-bond donors (Lipinski definition) is 1. The predicted molar refractivity (Wildman–Crippen MR) is 122 cm³/mol. The van der Waals surface area contributed by atoms with E-state index in [2.05, 4.69) is 44.9 Å². The lowest BCUT2D eigenvalue weighted by molar-refractivity contribution is 0.0668. The number of rotatable bonds is 5. The Morgan fingerprint density at radius 3 is 2.74 bits per heavy atom. The number of fused-ring (bicyclic) bond motifs is 1. The van der Waals surface area contributed by atoms with Crippen LogP contribution in [0.5, 0.6) is 5.75 Å². The van der Waals surface area contributed by atoms with E-state index >= 15 is 0 Å². The summed E-state index contributed by atoms with van der Waals surface area (Å²) in [7, 11) is -3.69. The summed E-state index contributed by atoms with van der Waals surface area (Å²) in [6.45, 7) is 1.62. The molecule has 6 nitrogen and oxygen atoms in total. The van der Waals surface area contributed by atoms with Crippen LogP contribution in [0.3, 0.4) is 0 Å². The van der Waals surface area contributed by atoms with Crippen molar-refractivity contribution in [1.29, 1.82) is 0 Å². The number of ether oxygens (including phenoxy) is 1. The van der Waals surface area contributed by atoms with E-state index in [0.717, 1.165) is 24.9 Å². The number of nitrogens with zero attached hydrogens (tertiary/aromatic N) is 2. The molecule has 1 aromatic heterocycles. The molecule has 0 aliphatic carbocycles. The van der Waals surface area contributed by atoms with E-state index in [0.29, 0.717) is 23.4 Å². The Morgan fingerprint density at radius 2 is 1.94 bits per heavy atom. The third-order valence-corrected chi connectivity index (χ3v) is 8.28. The van der Waals surface area contributed by atoms with Crippen molar-refractivity contribution in [3.05, 3.63) is 71.4 Å². The second-order valence-electron chi connectivity index (χ2n) is 7.98. The van der Waals surface area contributed by atoms with Crippen LogP contribution in [-0.2, 0) is 10.0 Å². The standard InChI is InChI=1S/C23H25N3O3S2/c27-31(28,25-23-15-24-16-30-23)18-9-10-19-21(11-13-29-22(19)14-18)26-12-5-4-8-20(26)17-6-2-1-3-7-17/h1-3,6-7,9-10,14-16,20-21,25H,4-5,8,11-13H2/t20-,21+/m0/s1. The van der Waals surface area contributed by atoms with E-state index in [1.165, 1.54) is 35.9 Å². The van der Waals surface area contributed by atoms with Crippen LogP contribution in [0.4, 0.5) is 5.00 Å². The third-order valence-electron chi connectivity index (χ3n) is 6.10. The molecule has 2 aliphatic rings. The molecule has 2 atom stereocenters. The summed E-state index contributed by atoms with van der Waals surface area (Å²) in [4.78, 5) is 6.72. The molecule has 31 heavy (non-hydrogen) atoms. The Morgan fingerprint density at radius 1 is 1.06 bits per heavy atom. The lowest BCUT2D eigenvalue weighted by Gasteiger charge is -2.43. The average molecular weight is 456 g/mol. The molecule has 1 fully saturated rings. The van der Waals surface area contributed by atoms with Crippen LogP contribution in [0.15, 0.2) is 65.1 Å². The molecule has 8 heteroatoms. The van der Waals surface area contributed by atoms with Crippen molar-refractivity contribution >= 4 is 26.4 Å². The molecule has 1 N–H and O–H groups in total. The lowest BCUT2D eigenvalue weighted by atomic mass is 9.90. The Hall–Kier alpha value is -2.42. The number of aromatic nitrogens is 1. The molecule has 0 radical (unpaired) electrons. The molecule has 1 saturated heterocycles. The van der Waals surface area contributed by atoms with Crippen molar-refractivity contribution in [2.24, 2.45) is 0 Å². The minimum atomic E-state index is -3.69. The SMILES string of the molecule is O=S(=O)(Nc1cncs1)c1ccc2c(c1)OCC[C@H]2N1CCCC[C@H]1c1ccccc1. The van der Waals surface area contributed by atoms with Gasteiger partial charge < -0.3 is 4.74 Å². The van der Waals surface area contributed by atoms with Gasteiger partial charge in [0.2, 0.25) is 0 Å². The second kappa shape index (κ2) is 8.61. The van der Waals surface area contributed by atoms with Gasteiger partial charge in [0.15, 0.2) is 0 Å². The smallest absolute Gasteiger partial charge is 0.262 e. The molecule has 0 saturated carbocycles. The van der Waals surface area contributed by atoms with Crippen molar-refractivity contribution in [2.45, 2.75) is 42.7 Å². The minimum absolute atomic E-state index is 0.207. The highest BCUT2D eigenvalue weighted by molar-refractivity contribution is 7.93.